The number of carboxylic acids is 1. The lowest BCUT2D eigenvalue weighted by Crippen LogP contribution is -2.17. The van der Waals surface area contributed by atoms with Crippen molar-refractivity contribution in [3.63, 3.8) is 0 Å². The van der Waals surface area contributed by atoms with Crippen LogP contribution in [-0.4, -0.2) is 30.2 Å². The zero-order valence-corrected chi connectivity index (χ0v) is 15.6. The molecule has 0 bridgehead atoms. The van der Waals surface area contributed by atoms with E-state index >= 15 is 0 Å². The molecule has 1 aliphatic rings. The van der Waals surface area contributed by atoms with E-state index in [0.717, 1.165) is 11.1 Å². The third kappa shape index (κ3) is 4.92. The Balaban J connectivity index is 1.61. The van der Waals surface area contributed by atoms with Gasteiger partial charge in [0.15, 0.2) is 11.5 Å². The number of carboxylic acid groups (broad SMARTS) is 1. The van der Waals surface area contributed by atoms with Gasteiger partial charge < -0.3 is 19.9 Å². The van der Waals surface area contributed by atoms with Gasteiger partial charge in [0.2, 0.25) is 5.91 Å². The van der Waals surface area contributed by atoms with Crippen molar-refractivity contribution in [2.75, 3.05) is 18.5 Å². The van der Waals surface area contributed by atoms with Gasteiger partial charge in [-0.1, -0.05) is 30.7 Å². The molecule has 27 heavy (non-hydrogen) atoms. The molecule has 0 saturated heterocycles. The van der Waals surface area contributed by atoms with Crippen LogP contribution in [0.15, 0.2) is 36.4 Å². The fourth-order valence-corrected chi connectivity index (χ4v) is 3.11. The second-order valence-electron chi connectivity index (χ2n) is 6.47. The number of halogens is 1. The summed E-state index contributed by atoms with van der Waals surface area (Å²) in [5.74, 6) is -0.406. The summed E-state index contributed by atoms with van der Waals surface area (Å²) in [5.41, 5.74) is 2.28. The molecule has 1 amide bonds. The largest absolute Gasteiger partial charge is 0.486 e. The van der Waals surface area contributed by atoms with Crippen molar-refractivity contribution in [1.82, 2.24) is 0 Å². The van der Waals surface area contributed by atoms with E-state index in [9.17, 15) is 9.59 Å². The first-order valence-corrected chi connectivity index (χ1v) is 9.00. The van der Waals surface area contributed by atoms with Crippen LogP contribution in [0.5, 0.6) is 11.5 Å². The van der Waals surface area contributed by atoms with Gasteiger partial charge in [-0.25, -0.2) is 0 Å². The van der Waals surface area contributed by atoms with Gasteiger partial charge in [-0.05, 0) is 41.8 Å². The van der Waals surface area contributed by atoms with Crippen LogP contribution in [0.4, 0.5) is 5.69 Å². The molecule has 142 valence electrons. The summed E-state index contributed by atoms with van der Waals surface area (Å²) in [7, 11) is 0. The first-order chi connectivity index (χ1) is 12.9. The highest BCUT2D eigenvalue weighted by atomic mass is 35.5. The minimum absolute atomic E-state index is 0.147. The van der Waals surface area contributed by atoms with E-state index in [-0.39, 0.29) is 12.3 Å². The van der Waals surface area contributed by atoms with Crippen LogP contribution in [0, 0.1) is 5.92 Å². The number of fused-ring (bicyclic) bond motifs is 1. The number of ether oxygens (including phenoxy) is 2. The lowest BCUT2D eigenvalue weighted by molar-refractivity contribution is -0.141. The van der Waals surface area contributed by atoms with Gasteiger partial charge in [-0.15, -0.1) is 0 Å². The highest BCUT2D eigenvalue weighted by Gasteiger charge is 2.18. The molecular formula is C20H20ClNO5. The Morgan fingerprint density at radius 2 is 1.85 bits per heavy atom. The Morgan fingerprint density at radius 3 is 2.56 bits per heavy atom. The third-order valence-electron chi connectivity index (χ3n) is 4.22. The van der Waals surface area contributed by atoms with Gasteiger partial charge in [0.05, 0.1) is 17.4 Å². The first kappa shape index (κ1) is 19.0. The van der Waals surface area contributed by atoms with Crippen LogP contribution in [0.1, 0.15) is 18.1 Å². The summed E-state index contributed by atoms with van der Waals surface area (Å²) in [6, 6.07) is 10.6. The average molecular weight is 390 g/mol. The second kappa shape index (κ2) is 8.31. The topological polar surface area (TPSA) is 84.9 Å². The van der Waals surface area contributed by atoms with E-state index in [4.69, 9.17) is 26.2 Å². The van der Waals surface area contributed by atoms with Crippen molar-refractivity contribution in [3.05, 3.63) is 52.5 Å². The zero-order chi connectivity index (χ0) is 19.4. The summed E-state index contributed by atoms with van der Waals surface area (Å²) in [4.78, 5) is 23.2. The van der Waals surface area contributed by atoms with E-state index in [0.29, 0.717) is 41.8 Å². The molecule has 2 aromatic rings. The summed E-state index contributed by atoms with van der Waals surface area (Å²) >= 11 is 6.19. The quantitative estimate of drug-likeness (QED) is 0.789. The average Bonchev–Trinajstić information content (AvgIpc) is 2.63. The minimum Gasteiger partial charge on any atom is -0.486 e. The van der Waals surface area contributed by atoms with Gasteiger partial charge in [0.1, 0.15) is 13.2 Å². The number of anilines is 1. The summed E-state index contributed by atoms with van der Waals surface area (Å²) in [6.45, 7) is 2.57. The fraction of sp³-hybridized carbons (Fsp3) is 0.300. The second-order valence-corrected chi connectivity index (χ2v) is 6.87. The monoisotopic (exact) mass is 389 g/mol. The molecule has 1 heterocycles. The van der Waals surface area contributed by atoms with Gasteiger partial charge in [-0.3, -0.25) is 9.59 Å². The van der Waals surface area contributed by atoms with Crippen molar-refractivity contribution in [3.8, 4) is 11.5 Å². The normalized spacial score (nSPS) is 13.7. The molecule has 0 aliphatic carbocycles. The Hall–Kier alpha value is -2.73. The molecule has 7 heteroatoms. The third-order valence-corrected chi connectivity index (χ3v) is 4.50. The van der Waals surface area contributed by atoms with Crippen molar-refractivity contribution in [1.29, 1.82) is 0 Å². The number of aliphatic carboxylic acids is 1. The van der Waals surface area contributed by atoms with E-state index < -0.39 is 11.9 Å². The molecule has 0 fully saturated rings. The zero-order valence-electron chi connectivity index (χ0n) is 14.8. The molecule has 2 aromatic carbocycles. The molecule has 0 spiro atoms. The molecule has 1 atom stereocenters. The standard InChI is InChI=1S/C20H20ClNO5/c1-12(20(24)25)8-13-2-4-15(5-3-13)22-18(23)11-14-9-16(21)19-17(10-14)26-6-7-27-19/h2-5,9-10,12H,6-8,11H2,1H3,(H,22,23)(H,24,25). The first-order valence-electron chi connectivity index (χ1n) is 8.62. The van der Waals surface area contributed by atoms with Gasteiger partial charge in [0.25, 0.3) is 0 Å². The number of hydrogen-bond donors (Lipinski definition) is 2. The van der Waals surface area contributed by atoms with E-state index in [1.807, 2.05) is 12.1 Å². The van der Waals surface area contributed by atoms with Crippen LogP contribution in [0.25, 0.3) is 0 Å². The maximum absolute atomic E-state index is 12.3. The molecule has 1 unspecified atom stereocenters. The number of carbonyl (C=O) groups is 2. The predicted molar refractivity (Wildman–Crippen MR) is 102 cm³/mol. The molecule has 6 nitrogen and oxygen atoms in total. The highest BCUT2D eigenvalue weighted by Crippen LogP contribution is 2.38. The predicted octanol–water partition coefficient (Wildman–Crippen LogP) is 3.56. The number of carbonyl (C=O) groups excluding carboxylic acids is 1. The number of benzene rings is 2. The smallest absolute Gasteiger partial charge is 0.306 e. The maximum atomic E-state index is 12.3. The summed E-state index contributed by atoms with van der Waals surface area (Å²) in [6.07, 6.45) is 0.591. The van der Waals surface area contributed by atoms with Crippen LogP contribution < -0.4 is 14.8 Å². The van der Waals surface area contributed by atoms with E-state index in [2.05, 4.69) is 5.32 Å². The molecule has 3 rings (SSSR count). The number of rotatable bonds is 6. The lowest BCUT2D eigenvalue weighted by atomic mass is 10.0. The molecule has 0 radical (unpaired) electrons. The molecule has 2 N–H and O–H groups in total. The number of nitrogens with one attached hydrogen (secondary N) is 1. The van der Waals surface area contributed by atoms with Gasteiger partial charge >= 0.3 is 5.97 Å². The summed E-state index contributed by atoms with van der Waals surface area (Å²) < 4.78 is 11.0. The molecule has 0 aromatic heterocycles. The van der Waals surface area contributed by atoms with Crippen molar-refractivity contribution in [2.45, 2.75) is 19.8 Å². The van der Waals surface area contributed by atoms with Crippen LogP contribution in [-0.2, 0) is 22.4 Å². The molecule has 0 saturated carbocycles. The SMILES string of the molecule is CC(Cc1ccc(NC(=O)Cc2cc(Cl)c3c(c2)OCCO3)cc1)C(=O)O. The van der Waals surface area contributed by atoms with Crippen LogP contribution in [0.3, 0.4) is 0 Å². The summed E-state index contributed by atoms with van der Waals surface area (Å²) in [5, 5.41) is 12.2. The fourth-order valence-electron chi connectivity index (χ4n) is 2.82. The highest BCUT2D eigenvalue weighted by molar-refractivity contribution is 6.32. The van der Waals surface area contributed by atoms with Gasteiger partial charge in [-0.2, -0.15) is 0 Å². The van der Waals surface area contributed by atoms with Crippen molar-refractivity contribution in [2.24, 2.45) is 5.92 Å². The van der Waals surface area contributed by atoms with Crippen LogP contribution in [0.2, 0.25) is 5.02 Å². The Kier molecular flexibility index (Phi) is 5.86. The lowest BCUT2D eigenvalue weighted by Gasteiger charge is -2.20. The Labute approximate surface area is 162 Å². The van der Waals surface area contributed by atoms with Crippen molar-refractivity contribution >= 4 is 29.2 Å². The van der Waals surface area contributed by atoms with E-state index in [1.54, 1.807) is 31.2 Å². The number of hydrogen-bond acceptors (Lipinski definition) is 4. The maximum Gasteiger partial charge on any atom is 0.306 e. The molecular weight excluding hydrogens is 370 g/mol. The van der Waals surface area contributed by atoms with Crippen molar-refractivity contribution < 1.29 is 24.2 Å². The Bertz CT molecular complexity index is 850. The van der Waals surface area contributed by atoms with Gasteiger partial charge in [0, 0.05) is 5.69 Å². The molecule has 1 aliphatic heterocycles. The van der Waals surface area contributed by atoms with E-state index in [1.165, 1.54) is 0 Å². The Morgan fingerprint density at radius 1 is 1.15 bits per heavy atom. The number of amides is 1. The van der Waals surface area contributed by atoms with Crippen LogP contribution >= 0.6 is 11.6 Å². The minimum atomic E-state index is -0.828.